The van der Waals surface area contributed by atoms with Crippen LogP contribution in [0.4, 0.5) is 4.79 Å². The van der Waals surface area contributed by atoms with Crippen molar-refractivity contribution >= 4 is 18.0 Å². The Balaban J connectivity index is 4.68. The molecule has 0 aromatic heterocycles. The Labute approximate surface area is 81.4 Å². The van der Waals surface area contributed by atoms with E-state index in [2.05, 4.69) is 4.74 Å². The van der Waals surface area contributed by atoms with Crippen LogP contribution in [-0.2, 0) is 14.3 Å². The normalized spacial score (nSPS) is 9.71. The number of carboxylic acids is 1. The molecule has 0 aliphatic rings. The van der Waals surface area contributed by atoms with Crippen molar-refractivity contribution in [1.29, 1.82) is 0 Å². The Morgan fingerprint density at radius 3 is 2.14 bits per heavy atom. The Morgan fingerprint density at radius 1 is 1.36 bits per heavy atom. The van der Waals surface area contributed by atoms with E-state index in [9.17, 15) is 14.4 Å². The number of rotatable bonds is 2. The number of carbonyl (C=O) groups excluding carboxylic acids is 2. The zero-order valence-corrected chi connectivity index (χ0v) is 8.31. The molecule has 2 amide bonds. The van der Waals surface area contributed by atoms with Gasteiger partial charge in [0.15, 0.2) is 0 Å². The van der Waals surface area contributed by atoms with Crippen molar-refractivity contribution in [2.24, 2.45) is 0 Å². The first kappa shape index (κ1) is 12.4. The number of ether oxygens (including phenoxy) is 1. The van der Waals surface area contributed by atoms with Gasteiger partial charge in [-0.05, 0) is 20.8 Å². The Morgan fingerprint density at radius 2 is 1.86 bits per heavy atom. The molecule has 14 heavy (non-hydrogen) atoms. The average molecular weight is 203 g/mol. The molecule has 0 saturated heterocycles. The van der Waals surface area contributed by atoms with Gasteiger partial charge in [0.25, 0.3) is 0 Å². The summed E-state index contributed by atoms with van der Waals surface area (Å²) in [7, 11) is 0. The van der Waals surface area contributed by atoms with Crippen LogP contribution in [0.5, 0.6) is 0 Å². The highest BCUT2D eigenvalue weighted by Crippen LogP contribution is 2.02. The van der Waals surface area contributed by atoms with Crippen LogP contribution in [0.15, 0.2) is 0 Å². The van der Waals surface area contributed by atoms with E-state index >= 15 is 0 Å². The number of nitrogens with zero attached hydrogens (tertiary/aromatic N) is 1. The fourth-order valence-corrected chi connectivity index (χ4v) is 0.824. The Hall–Kier alpha value is -1.59. The summed E-state index contributed by atoms with van der Waals surface area (Å²) in [4.78, 5) is 33.1. The summed E-state index contributed by atoms with van der Waals surface area (Å²) in [6.45, 7) is 4.71. The minimum Gasteiger partial charge on any atom is -0.474 e. The molecule has 0 saturated carbocycles. The van der Waals surface area contributed by atoms with Crippen molar-refractivity contribution in [2.75, 3.05) is 6.61 Å². The van der Waals surface area contributed by atoms with Gasteiger partial charge in [-0.25, -0.2) is 14.5 Å². The second-order valence-corrected chi connectivity index (χ2v) is 2.77. The third-order valence-electron chi connectivity index (χ3n) is 1.38. The number of imide groups is 1. The van der Waals surface area contributed by atoms with Gasteiger partial charge in [-0.15, -0.1) is 0 Å². The molecule has 1 N–H and O–H groups in total. The van der Waals surface area contributed by atoms with Crippen molar-refractivity contribution in [1.82, 2.24) is 4.90 Å². The molecule has 0 rings (SSSR count). The van der Waals surface area contributed by atoms with E-state index in [4.69, 9.17) is 5.11 Å². The second-order valence-electron chi connectivity index (χ2n) is 2.77. The molecular weight excluding hydrogens is 190 g/mol. The molecule has 0 spiro atoms. The van der Waals surface area contributed by atoms with Gasteiger partial charge in [0.05, 0.1) is 6.61 Å². The van der Waals surface area contributed by atoms with E-state index in [1.807, 2.05) is 0 Å². The zero-order valence-electron chi connectivity index (χ0n) is 8.31. The Bertz CT molecular complexity index is 248. The first-order chi connectivity index (χ1) is 6.41. The van der Waals surface area contributed by atoms with Gasteiger partial charge in [0.2, 0.25) is 0 Å². The average Bonchev–Trinajstić information content (AvgIpc) is 2.03. The van der Waals surface area contributed by atoms with Crippen LogP contribution in [0.25, 0.3) is 0 Å². The van der Waals surface area contributed by atoms with Crippen LogP contribution >= 0.6 is 0 Å². The van der Waals surface area contributed by atoms with Gasteiger partial charge in [0.1, 0.15) is 0 Å². The minimum atomic E-state index is -1.67. The van der Waals surface area contributed by atoms with Crippen LogP contribution in [-0.4, -0.2) is 40.6 Å². The summed E-state index contributed by atoms with van der Waals surface area (Å²) in [5.41, 5.74) is 0. The summed E-state index contributed by atoms with van der Waals surface area (Å²) < 4.78 is 4.54. The van der Waals surface area contributed by atoms with E-state index in [1.54, 1.807) is 6.92 Å². The number of carboxylic acid groups (broad SMARTS) is 1. The molecule has 6 nitrogen and oxygen atoms in total. The molecule has 0 fully saturated rings. The van der Waals surface area contributed by atoms with Crippen molar-refractivity contribution in [3.05, 3.63) is 0 Å². The third-order valence-corrected chi connectivity index (χ3v) is 1.38. The molecule has 0 aliphatic carbocycles. The number of aliphatic carboxylic acids is 1. The first-order valence-electron chi connectivity index (χ1n) is 4.15. The van der Waals surface area contributed by atoms with E-state index in [-0.39, 0.29) is 6.61 Å². The van der Waals surface area contributed by atoms with Crippen molar-refractivity contribution in [3.8, 4) is 0 Å². The number of hydrogen-bond donors (Lipinski definition) is 1. The lowest BCUT2D eigenvalue weighted by atomic mass is 10.3. The summed E-state index contributed by atoms with van der Waals surface area (Å²) in [5.74, 6) is -2.95. The van der Waals surface area contributed by atoms with Crippen molar-refractivity contribution in [2.45, 2.75) is 26.8 Å². The van der Waals surface area contributed by atoms with Crippen molar-refractivity contribution < 1.29 is 24.2 Å². The maximum atomic E-state index is 11.2. The molecule has 0 aromatic rings. The molecule has 0 bridgehead atoms. The second kappa shape index (κ2) is 5.21. The highest BCUT2D eigenvalue weighted by molar-refractivity contribution is 6.34. The lowest BCUT2D eigenvalue weighted by molar-refractivity contribution is -0.155. The monoisotopic (exact) mass is 203 g/mol. The molecule has 0 aliphatic heterocycles. The molecule has 0 aromatic carbocycles. The quantitative estimate of drug-likeness (QED) is 0.659. The lowest BCUT2D eigenvalue weighted by Crippen LogP contribution is -2.45. The van der Waals surface area contributed by atoms with Gasteiger partial charge < -0.3 is 9.84 Å². The standard InChI is InChI=1S/C8H13NO5/c1-4-14-8(13)9(5(2)3)6(10)7(11)12/h5H,4H2,1-3H3,(H,11,12). The fraction of sp³-hybridized carbons (Fsp3) is 0.625. The molecular formula is C8H13NO5. The summed E-state index contributed by atoms with van der Waals surface area (Å²) in [6.07, 6.45) is -0.935. The molecule has 0 heterocycles. The van der Waals surface area contributed by atoms with Gasteiger partial charge in [-0.2, -0.15) is 0 Å². The summed E-state index contributed by atoms with van der Waals surface area (Å²) in [5, 5.41) is 8.42. The molecule has 0 radical (unpaired) electrons. The predicted molar refractivity (Wildman–Crippen MR) is 46.6 cm³/mol. The van der Waals surface area contributed by atoms with Gasteiger partial charge in [-0.3, -0.25) is 4.79 Å². The van der Waals surface area contributed by atoms with E-state index in [0.717, 1.165) is 0 Å². The van der Waals surface area contributed by atoms with Gasteiger partial charge >= 0.3 is 18.0 Å². The number of amides is 2. The van der Waals surface area contributed by atoms with E-state index in [0.29, 0.717) is 4.90 Å². The topological polar surface area (TPSA) is 83.9 Å². The summed E-state index contributed by atoms with van der Waals surface area (Å²) >= 11 is 0. The van der Waals surface area contributed by atoms with Crippen LogP contribution in [0.3, 0.4) is 0 Å². The fourth-order valence-electron chi connectivity index (χ4n) is 0.824. The van der Waals surface area contributed by atoms with Crippen LogP contribution in [0.2, 0.25) is 0 Å². The maximum Gasteiger partial charge on any atom is 0.417 e. The molecule has 0 atom stereocenters. The Kier molecular flexibility index (Phi) is 4.62. The maximum absolute atomic E-state index is 11.2. The van der Waals surface area contributed by atoms with E-state index in [1.165, 1.54) is 13.8 Å². The van der Waals surface area contributed by atoms with Crippen LogP contribution < -0.4 is 0 Å². The van der Waals surface area contributed by atoms with Gasteiger partial charge in [-0.1, -0.05) is 0 Å². The van der Waals surface area contributed by atoms with Gasteiger partial charge in [0, 0.05) is 6.04 Å². The SMILES string of the molecule is CCOC(=O)N(C(=O)C(=O)O)C(C)C. The molecule has 6 heteroatoms. The van der Waals surface area contributed by atoms with Crippen LogP contribution in [0, 0.1) is 0 Å². The summed E-state index contributed by atoms with van der Waals surface area (Å²) in [6, 6.07) is -0.544. The van der Waals surface area contributed by atoms with Crippen LogP contribution in [0.1, 0.15) is 20.8 Å². The van der Waals surface area contributed by atoms with E-state index < -0.39 is 24.0 Å². The highest BCUT2D eigenvalue weighted by Gasteiger charge is 2.30. The largest absolute Gasteiger partial charge is 0.474 e. The van der Waals surface area contributed by atoms with Crippen molar-refractivity contribution in [3.63, 3.8) is 0 Å². The molecule has 0 unspecified atom stereocenters. The predicted octanol–water partition coefficient (Wildman–Crippen LogP) is 0.465. The third kappa shape index (κ3) is 3.04. The lowest BCUT2D eigenvalue weighted by Gasteiger charge is -2.21. The number of carbonyl (C=O) groups is 3. The minimum absolute atomic E-state index is 0.0922. The number of hydrogen-bond acceptors (Lipinski definition) is 4. The highest BCUT2D eigenvalue weighted by atomic mass is 16.6. The molecule has 80 valence electrons. The zero-order chi connectivity index (χ0) is 11.3. The first-order valence-corrected chi connectivity index (χ1v) is 4.15. The smallest absolute Gasteiger partial charge is 0.417 e.